The third-order valence-corrected chi connectivity index (χ3v) is 3.32. The number of nitrogens with two attached hydrogens (primary N) is 1. The molecule has 0 amide bonds. The molecule has 7 heteroatoms. The maximum atomic E-state index is 12.2. The summed E-state index contributed by atoms with van der Waals surface area (Å²) in [6.45, 7) is 2.21. The fourth-order valence-corrected chi connectivity index (χ4v) is 2.19. The van der Waals surface area contributed by atoms with Crippen LogP contribution >= 0.6 is 11.3 Å². The Morgan fingerprint density at radius 3 is 3.00 bits per heavy atom. The van der Waals surface area contributed by atoms with E-state index in [0.29, 0.717) is 6.54 Å². The molecule has 0 radical (unpaired) electrons. The topological polar surface area (TPSA) is 93.5 Å². The van der Waals surface area contributed by atoms with Crippen molar-refractivity contribution >= 4 is 17.2 Å². The van der Waals surface area contributed by atoms with Crippen LogP contribution < -0.4 is 11.3 Å². The lowest BCUT2D eigenvalue weighted by atomic mass is 10.2. The van der Waals surface area contributed by atoms with Crippen molar-refractivity contribution < 1.29 is 5.21 Å². The Labute approximate surface area is 107 Å². The van der Waals surface area contributed by atoms with Gasteiger partial charge >= 0.3 is 0 Å². The molecular formula is C11H12N4O2S. The molecule has 0 saturated carbocycles. The molecule has 0 bridgehead atoms. The fourth-order valence-electron chi connectivity index (χ4n) is 1.58. The largest absolute Gasteiger partial charge is 0.409 e. The molecule has 0 unspecified atom stereocenters. The summed E-state index contributed by atoms with van der Waals surface area (Å²) in [5.74, 6) is -0.187. The van der Waals surface area contributed by atoms with E-state index in [0.717, 1.165) is 10.7 Å². The van der Waals surface area contributed by atoms with Gasteiger partial charge in [-0.25, -0.2) is 4.98 Å². The Kier molecular flexibility index (Phi) is 3.42. The SMILES string of the molecule is Cc1ccc(/C(N)=N/O)c(=O)n1Cc1nccs1. The number of hydrogen-bond donors (Lipinski definition) is 2. The Balaban J connectivity index is 2.50. The molecule has 94 valence electrons. The van der Waals surface area contributed by atoms with Crippen LogP contribution in [-0.4, -0.2) is 20.6 Å². The average molecular weight is 264 g/mol. The molecule has 6 nitrogen and oxygen atoms in total. The third-order valence-electron chi connectivity index (χ3n) is 2.55. The van der Waals surface area contributed by atoms with Crippen molar-refractivity contribution in [3.63, 3.8) is 0 Å². The smallest absolute Gasteiger partial charge is 0.262 e. The van der Waals surface area contributed by atoms with Gasteiger partial charge in [0.2, 0.25) is 0 Å². The van der Waals surface area contributed by atoms with Crippen LogP contribution in [0, 0.1) is 6.92 Å². The summed E-state index contributed by atoms with van der Waals surface area (Å²) in [4.78, 5) is 16.3. The van der Waals surface area contributed by atoms with Gasteiger partial charge in [0.1, 0.15) is 5.01 Å². The van der Waals surface area contributed by atoms with Crippen LogP contribution in [0.2, 0.25) is 0 Å². The Morgan fingerprint density at radius 1 is 1.61 bits per heavy atom. The maximum absolute atomic E-state index is 12.2. The summed E-state index contributed by atoms with van der Waals surface area (Å²) < 4.78 is 1.55. The van der Waals surface area contributed by atoms with Crippen LogP contribution in [0.5, 0.6) is 0 Å². The summed E-state index contributed by atoms with van der Waals surface area (Å²) in [5.41, 5.74) is 6.15. The minimum atomic E-state index is -0.291. The van der Waals surface area contributed by atoms with Crippen LogP contribution in [0.25, 0.3) is 0 Å². The fraction of sp³-hybridized carbons (Fsp3) is 0.182. The molecule has 3 N–H and O–H groups in total. The van der Waals surface area contributed by atoms with Crippen LogP contribution in [-0.2, 0) is 6.54 Å². The summed E-state index contributed by atoms with van der Waals surface area (Å²) in [6, 6.07) is 3.30. The lowest BCUT2D eigenvalue weighted by molar-refractivity contribution is 0.318. The molecule has 0 aliphatic carbocycles. The molecule has 0 aliphatic rings. The highest BCUT2D eigenvalue weighted by molar-refractivity contribution is 7.09. The van der Waals surface area contributed by atoms with Crippen LogP contribution in [0.1, 0.15) is 16.3 Å². The number of rotatable bonds is 3. The van der Waals surface area contributed by atoms with Crippen molar-refractivity contribution in [3.05, 3.63) is 50.3 Å². The monoisotopic (exact) mass is 264 g/mol. The first-order valence-corrected chi connectivity index (χ1v) is 6.08. The molecule has 0 spiro atoms. The third kappa shape index (κ3) is 2.25. The minimum absolute atomic E-state index is 0.180. The van der Waals surface area contributed by atoms with E-state index in [-0.39, 0.29) is 17.0 Å². The zero-order chi connectivity index (χ0) is 13.1. The highest BCUT2D eigenvalue weighted by atomic mass is 32.1. The molecule has 0 aromatic carbocycles. The van der Waals surface area contributed by atoms with E-state index < -0.39 is 0 Å². The quantitative estimate of drug-likeness (QED) is 0.370. The molecule has 0 aliphatic heterocycles. The zero-order valence-electron chi connectivity index (χ0n) is 9.70. The van der Waals surface area contributed by atoms with Crippen LogP contribution in [0.15, 0.2) is 33.7 Å². The minimum Gasteiger partial charge on any atom is -0.409 e. The highest BCUT2D eigenvalue weighted by Crippen LogP contribution is 2.07. The van der Waals surface area contributed by atoms with E-state index in [4.69, 9.17) is 10.9 Å². The molecule has 18 heavy (non-hydrogen) atoms. The van der Waals surface area contributed by atoms with Gasteiger partial charge in [-0.1, -0.05) is 5.16 Å². The summed E-state index contributed by atoms with van der Waals surface area (Å²) in [7, 11) is 0. The van der Waals surface area contributed by atoms with Gasteiger partial charge in [-0.05, 0) is 19.1 Å². The van der Waals surface area contributed by atoms with Crippen molar-refractivity contribution in [1.29, 1.82) is 0 Å². The lowest BCUT2D eigenvalue weighted by Crippen LogP contribution is -2.31. The number of amidine groups is 1. The van der Waals surface area contributed by atoms with Crippen molar-refractivity contribution in [1.82, 2.24) is 9.55 Å². The van der Waals surface area contributed by atoms with E-state index in [1.165, 1.54) is 11.3 Å². The maximum Gasteiger partial charge on any atom is 0.262 e. The number of nitrogens with zero attached hydrogens (tertiary/aromatic N) is 3. The zero-order valence-corrected chi connectivity index (χ0v) is 10.5. The lowest BCUT2D eigenvalue weighted by Gasteiger charge is -2.09. The van der Waals surface area contributed by atoms with E-state index in [2.05, 4.69) is 10.1 Å². The second-order valence-corrected chi connectivity index (χ2v) is 4.67. The molecule has 0 fully saturated rings. The first-order valence-electron chi connectivity index (χ1n) is 5.20. The first-order chi connectivity index (χ1) is 8.63. The van der Waals surface area contributed by atoms with Gasteiger partial charge in [0.15, 0.2) is 5.84 Å². The van der Waals surface area contributed by atoms with Crippen molar-refractivity contribution in [2.45, 2.75) is 13.5 Å². The summed E-state index contributed by atoms with van der Waals surface area (Å²) in [5, 5.41) is 14.2. The average Bonchev–Trinajstić information content (AvgIpc) is 2.86. The van der Waals surface area contributed by atoms with Gasteiger partial charge in [0.05, 0.1) is 12.1 Å². The van der Waals surface area contributed by atoms with E-state index in [1.807, 2.05) is 12.3 Å². The van der Waals surface area contributed by atoms with E-state index in [9.17, 15) is 4.79 Å². The predicted molar refractivity (Wildman–Crippen MR) is 69.2 cm³/mol. The number of oxime groups is 1. The van der Waals surface area contributed by atoms with Gasteiger partial charge in [-0.2, -0.15) is 0 Å². The van der Waals surface area contributed by atoms with Crippen LogP contribution in [0.3, 0.4) is 0 Å². The van der Waals surface area contributed by atoms with Crippen LogP contribution in [0.4, 0.5) is 0 Å². The van der Waals surface area contributed by atoms with Gasteiger partial charge in [-0.3, -0.25) is 4.79 Å². The summed E-state index contributed by atoms with van der Waals surface area (Å²) >= 11 is 1.47. The molecule has 2 rings (SSSR count). The molecular weight excluding hydrogens is 252 g/mol. The number of aromatic nitrogens is 2. The second-order valence-electron chi connectivity index (χ2n) is 3.69. The predicted octanol–water partition coefficient (Wildman–Crippen LogP) is 0.756. The van der Waals surface area contributed by atoms with Crippen molar-refractivity contribution in [2.75, 3.05) is 0 Å². The van der Waals surface area contributed by atoms with Crippen molar-refractivity contribution in [3.8, 4) is 0 Å². The summed E-state index contributed by atoms with van der Waals surface area (Å²) in [6.07, 6.45) is 1.69. The molecule has 0 saturated heterocycles. The number of thiazole rings is 1. The number of pyridine rings is 1. The van der Waals surface area contributed by atoms with Gasteiger partial charge in [-0.15, -0.1) is 11.3 Å². The van der Waals surface area contributed by atoms with Gasteiger partial charge in [0.25, 0.3) is 5.56 Å². The Hall–Kier alpha value is -2.15. The van der Waals surface area contributed by atoms with Gasteiger partial charge < -0.3 is 15.5 Å². The van der Waals surface area contributed by atoms with Crippen molar-refractivity contribution in [2.24, 2.45) is 10.9 Å². The number of hydrogen-bond acceptors (Lipinski definition) is 5. The Bertz CT molecular complexity index is 631. The molecule has 2 heterocycles. The standard InChI is InChI=1S/C11H12N4O2S/c1-7-2-3-8(10(12)14-17)11(16)15(7)6-9-13-4-5-18-9/h2-5,17H,6H2,1H3,(H2,12,14). The normalized spacial score (nSPS) is 11.7. The molecule has 2 aromatic heterocycles. The molecule has 0 atom stereocenters. The number of aryl methyl sites for hydroxylation is 1. The first kappa shape index (κ1) is 12.3. The Morgan fingerprint density at radius 2 is 2.39 bits per heavy atom. The highest BCUT2D eigenvalue weighted by Gasteiger charge is 2.11. The second kappa shape index (κ2) is 5.01. The van der Waals surface area contributed by atoms with E-state index in [1.54, 1.807) is 22.9 Å². The molecule has 2 aromatic rings. The van der Waals surface area contributed by atoms with E-state index >= 15 is 0 Å². The van der Waals surface area contributed by atoms with Gasteiger partial charge in [0, 0.05) is 17.3 Å².